The number of hydrogen-bond donors (Lipinski definition) is 2. The van der Waals surface area contributed by atoms with Crippen molar-refractivity contribution in [3.8, 4) is 0 Å². The molecule has 0 saturated heterocycles. The molecule has 1 aliphatic carbocycles. The van der Waals surface area contributed by atoms with Crippen molar-refractivity contribution >= 4 is 27.5 Å². The molecule has 1 aromatic carbocycles. The molecule has 0 aliphatic heterocycles. The zero-order valence-electron chi connectivity index (χ0n) is 12.1. The average molecular weight is 303 g/mol. The highest BCUT2D eigenvalue weighted by atomic mass is 32.1. The van der Waals surface area contributed by atoms with Gasteiger partial charge in [-0.25, -0.2) is 4.98 Å². The van der Waals surface area contributed by atoms with Gasteiger partial charge in [-0.15, -0.1) is 11.3 Å². The monoisotopic (exact) mass is 303 g/mol. The lowest BCUT2D eigenvalue weighted by molar-refractivity contribution is -0.130. The molecule has 3 N–H and O–H groups in total. The van der Waals surface area contributed by atoms with Gasteiger partial charge in [-0.2, -0.15) is 0 Å². The Balaban J connectivity index is 1.57. The van der Waals surface area contributed by atoms with Crippen LogP contribution in [-0.4, -0.2) is 24.0 Å². The van der Waals surface area contributed by atoms with Crippen molar-refractivity contribution in [2.24, 2.45) is 11.1 Å². The summed E-state index contributed by atoms with van der Waals surface area (Å²) in [7, 11) is 0. The van der Waals surface area contributed by atoms with Crippen molar-refractivity contribution in [1.29, 1.82) is 0 Å². The summed E-state index contributed by atoms with van der Waals surface area (Å²) in [6, 6.07) is 8.13. The third-order valence-electron chi connectivity index (χ3n) is 4.40. The fourth-order valence-electron chi connectivity index (χ4n) is 3.07. The van der Waals surface area contributed by atoms with E-state index in [9.17, 15) is 4.79 Å². The van der Waals surface area contributed by atoms with Gasteiger partial charge in [-0.3, -0.25) is 4.79 Å². The third-order valence-corrected chi connectivity index (χ3v) is 5.49. The van der Waals surface area contributed by atoms with Gasteiger partial charge in [0.05, 0.1) is 20.6 Å². The lowest BCUT2D eigenvalue weighted by Crippen LogP contribution is -2.44. The SMILES string of the molecule is NCC1(C(=O)NCCc2nc3ccccc3s2)CCCC1. The molecular weight excluding hydrogens is 282 g/mol. The number of aromatic nitrogens is 1. The van der Waals surface area contributed by atoms with E-state index in [2.05, 4.69) is 16.4 Å². The van der Waals surface area contributed by atoms with Crippen LogP contribution in [0.15, 0.2) is 24.3 Å². The number of nitrogens with one attached hydrogen (secondary N) is 1. The molecule has 1 heterocycles. The van der Waals surface area contributed by atoms with Gasteiger partial charge in [0.25, 0.3) is 0 Å². The van der Waals surface area contributed by atoms with E-state index in [0.29, 0.717) is 13.1 Å². The van der Waals surface area contributed by atoms with Crippen molar-refractivity contribution < 1.29 is 4.79 Å². The zero-order valence-corrected chi connectivity index (χ0v) is 12.9. The van der Waals surface area contributed by atoms with Gasteiger partial charge in [-0.1, -0.05) is 25.0 Å². The summed E-state index contributed by atoms with van der Waals surface area (Å²) in [5.74, 6) is 0.128. The molecular formula is C16H21N3OS. The first-order chi connectivity index (χ1) is 10.2. The second kappa shape index (κ2) is 6.12. The number of para-hydroxylation sites is 1. The van der Waals surface area contributed by atoms with E-state index in [1.807, 2.05) is 18.2 Å². The number of hydrogen-bond acceptors (Lipinski definition) is 4. The molecule has 1 aliphatic rings. The zero-order chi connectivity index (χ0) is 14.7. The number of nitrogens with zero attached hydrogens (tertiary/aromatic N) is 1. The van der Waals surface area contributed by atoms with Crippen LogP contribution in [0.2, 0.25) is 0 Å². The van der Waals surface area contributed by atoms with Crippen molar-refractivity contribution in [2.75, 3.05) is 13.1 Å². The smallest absolute Gasteiger partial charge is 0.227 e. The number of carbonyl (C=O) groups excluding carboxylic acids is 1. The van der Waals surface area contributed by atoms with Crippen molar-refractivity contribution in [1.82, 2.24) is 10.3 Å². The summed E-state index contributed by atoms with van der Waals surface area (Å²) in [6.45, 7) is 1.10. The molecule has 1 saturated carbocycles. The van der Waals surface area contributed by atoms with Crippen LogP contribution in [-0.2, 0) is 11.2 Å². The number of amides is 1. The summed E-state index contributed by atoms with van der Waals surface area (Å²) < 4.78 is 1.20. The lowest BCUT2D eigenvalue weighted by Gasteiger charge is -2.25. The van der Waals surface area contributed by atoms with Crippen LogP contribution < -0.4 is 11.1 Å². The molecule has 0 radical (unpaired) electrons. The first kappa shape index (κ1) is 14.5. The summed E-state index contributed by atoms with van der Waals surface area (Å²) in [6.07, 6.45) is 4.86. The van der Waals surface area contributed by atoms with Crippen LogP contribution >= 0.6 is 11.3 Å². The van der Waals surface area contributed by atoms with Crippen LogP contribution in [0.3, 0.4) is 0 Å². The molecule has 0 spiro atoms. The number of nitrogens with two attached hydrogens (primary N) is 1. The standard InChI is InChI=1S/C16H21N3OS/c17-11-16(8-3-4-9-16)15(20)18-10-7-14-19-12-5-1-2-6-13(12)21-14/h1-2,5-6H,3-4,7-11,17H2,(H,18,20). The quantitative estimate of drug-likeness (QED) is 0.891. The second-order valence-electron chi connectivity index (χ2n) is 5.77. The topological polar surface area (TPSA) is 68.0 Å². The Morgan fingerprint density at radius 1 is 1.33 bits per heavy atom. The van der Waals surface area contributed by atoms with E-state index < -0.39 is 0 Å². The molecule has 1 fully saturated rings. The van der Waals surface area contributed by atoms with Crippen LogP contribution in [0.25, 0.3) is 10.2 Å². The van der Waals surface area contributed by atoms with Crippen LogP contribution in [0.4, 0.5) is 0 Å². The minimum atomic E-state index is -0.312. The van der Waals surface area contributed by atoms with Crippen LogP contribution in [0, 0.1) is 5.41 Å². The highest BCUT2D eigenvalue weighted by molar-refractivity contribution is 7.18. The Kier molecular flexibility index (Phi) is 4.22. The molecule has 1 amide bonds. The van der Waals surface area contributed by atoms with E-state index in [-0.39, 0.29) is 11.3 Å². The molecule has 5 heteroatoms. The summed E-state index contributed by atoms with van der Waals surface area (Å²) in [4.78, 5) is 16.9. The molecule has 0 bridgehead atoms. The molecule has 0 atom stereocenters. The largest absolute Gasteiger partial charge is 0.355 e. The number of thiazole rings is 1. The van der Waals surface area contributed by atoms with E-state index in [0.717, 1.165) is 42.6 Å². The first-order valence-electron chi connectivity index (χ1n) is 7.56. The van der Waals surface area contributed by atoms with Gasteiger partial charge < -0.3 is 11.1 Å². The summed E-state index contributed by atoms with van der Waals surface area (Å²) in [5, 5.41) is 4.13. The van der Waals surface area contributed by atoms with Crippen LogP contribution in [0.1, 0.15) is 30.7 Å². The number of fused-ring (bicyclic) bond motifs is 1. The molecule has 2 aromatic rings. The fraction of sp³-hybridized carbons (Fsp3) is 0.500. The molecule has 3 rings (SSSR count). The molecule has 21 heavy (non-hydrogen) atoms. The van der Waals surface area contributed by atoms with E-state index in [1.54, 1.807) is 11.3 Å². The number of benzene rings is 1. The Morgan fingerprint density at radius 3 is 2.81 bits per heavy atom. The third kappa shape index (κ3) is 2.94. The summed E-state index contributed by atoms with van der Waals surface area (Å²) >= 11 is 1.70. The minimum Gasteiger partial charge on any atom is -0.355 e. The molecule has 112 valence electrons. The summed E-state index contributed by atoms with van der Waals surface area (Å²) in [5.41, 5.74) is 6.56. The van der Waals surface area contributed by atoms with Crippen molar-refractivity contribution in [2.45, 2.75) is 32.1 Å². The van der Waals surface area contributed by atoms with E-state index >= 15 is 0 Å². The lowest BCUT2D eigenvalue weighted by atomic mass is 9.85. The average Bonchev–Trinajstić information content (AvgIpc) is 3.14. The normalized spacial score (nSPS) is 17.2. The van der Waals surface area contributed by atoms with Gasteiger partial charge in [0, 0.05) is 19.5 Å². The number of rotatable bonds is 5. The predicted octanol–water partition coefficient (Wildman–Crippen LogP) is 2.47. The second-order valence-corrected chi connectivity index (χ2v) is 6.89. The van der Waals surface area contributed by atoms with Crippen molar-refractivity contribution in [3.63, 3.8) is 0 Å². The molecule has 4 nitrogen and oxygen atoms in total. The Morgan fingerprint density at radius 2 is 2.10 bits per heavy atom. The Hall–Kier alpha value is -1.46. The highest BCUT2D eigenvalue weighted by Crippen LogP contribution is 2.37. The maximum atomic E-state index is 12.4. The fourth-order valence-corrected chi connectivity index (χ4v) is 4.04. The molecule has 0 unspecified atom stereocenters. The van der Waals surface area contributed by atoms with E-state index in [4.69, 9.17) is 5.73 Å². The van der Waals surface area contributed by atoms with Gasteiger partial charge >= 0.3 is 0 Å². The maximum absolute atomic E-state index is 12.4. The van der Waals surface area contributed by atoms with Crippen LogP contribution in [0.5, 0.6) is 0 Å². The van der Waals surface area contributed by atoms with Crippen molar-refractivity contribution in [3.05, 3.63) is 29.3 Å². The predicted molar refractivity (Wildman–Crippen MR) is 86.3 cm³/mol. The highest BCUT2D eigenvalue weighted by Gasteiger charge is 2.39. The molecule has 1 aromatic heterocycles. The van der Waals surface area contributed by atoms with Gasteiger partial charge in [0.2, 0.25) is 5.91 Å². The van der Waals surface area contributed by atoms with Gasteiger partial charge in [0.1, 0.15) is 0 Å². The van der Waals surface area contributed by atoms with Gasteiger partial charge in [-0.05, 0) is 25.0 Å². The first-order valence-corrected chi connectivity index (χ1v) is 8.38. The maximum Gasteiger partial charge on any atom is 0.227 e. The van der Waals surface area contributed by atoms with E-state index in [1.165, 1.54) is 4.70 Å². The minimum absolute atomic E-state index is 0.128. The Bertz CT molecular complexity index is 598. The Labute approximate surface area is 128 Å². The number of carbonyl (C=O) groups is 1. The van der Waals surface area contributed by atoms with Gasteiger partial charge in [0.15, 0.2) is 0 Å².